The number of alkyl halides is 3. The minimum Gasteiger partial charge on any atom is -0.398 e. The molecule has 0 unspecified atom stereocenters. The number of nitrogens with two attached hydrogens (primary N) is 1. The molecule has 0 saturated heterocycles. The maximum atomic E-state index is 12.5. The lowest BCUT2D eigenvalue weighted by Gasteiger charge is -2.11. The Morgan fingerprint density at radius 1 is 1.29 bits per heavy atom. The molecular formula is C10H12F3NO2S. The molecule has 0 saturated carbocycles. The first-order valence-electron chi connectivity index (χ1n) is 4.81. The quantitative estimate of drug-likeness (QED) is 0.854. The molecule has 0 amide bonds. The lowest BCUT2D eigenvalue weighted by Crippen LogP contribution is -2.11. The molecule has 7 heteroatoms. The van der Waals surface area contributed by atoms with Gasteiger partial charge in [-0.3, -0.25) is 0 Å². The molecule has 2 N–H and O–H groups in total. The highest BCUT2D eigenvalue weighted by Crippen LogP contribution is 2.34. The van der Waals surface area contributed by atoms with Gasteiger partial charge in [-0.1, -0.05) is 13.0 Å². The van der Waals surface area contributed by atoms with Crippen molar-refractivity contribution in [3.8, 4) is 0 Å². The first kappa shape index (κ1) is 13.8. The van der Waals surface area contributed by atoms with Crippen LogP contribution in [-0.2, 0) is 21.8 Å². The van der Waals surface area contributed by atoms with Gasteiger partial charge in [0.1, 0.15) is 0 Å². The van der Waals surface area contributed by atoms with Gasteiger partial charge in [-0.15, -0.1) is 0 Å². The highest BCUT2D eigenvalue weighted by atomic mass is 32.2. The van der Waals surface area contributed by atoms with E-state index in [0.717, 1.165) is 12.1 Å². The molecule has 0 spiro atoms. The largest absolute Gasteiger partial charge is 0.418 e. The zero-order chi connectivity index (χ0) is 13.3. The molecule has 0 aliphatic heterocycles. The van der Waals surface area contributed by atoms with E-state index in [1.165, 1.54) is 13.0 Å². The van der Waals surface area contributed by atoms with Crippen molar-refractivity contribution >= 4 is 15.5 Å². The number of rotatable bonds is 3. The van der Waals surface area contributed by atoms with Gasteiger partial charge in [0.15, 0.2) is 9.84 Å². The summed E-state index contributed by atoms with van der Waals surface area (Å²) < 4.78 is 60.1. The molecule has 3 nitrogen and oxygen atoms in total. The number of benzene rings is 1. The van der Waals surface area contributed by atoms with Crippen LogP contribution in [0.1, 0.15) is 18.1 Å². The van der Waals surface area contributed by atoms with Crippen LogP contribution >= 0.6 is 0 Å². The summed E-state index contributed by atoms with van der Waals surface area (Å²) in [5.41, 5.74) is 3.89. The number of sulfone groups is 1. The minimum absolute atomic E-state index is 0.0911. The predicted octanol–water partition coefficient (Wildman–Crippen LogP) is 2.22. The van der Waals surface area contributed by atoms with Crippen LogP contribution < -0.4 is 5.73 Å². The summed E-state index contributed by atoms with van der Waals surface area (Å²) in [6.07, 6.45) is -4.57. The molecule has 0 bridgehead atoms. The van der Waals surface area contributed by atoms with Gasteiger partial charge in [-0.05, 0) is 17.7 Å². The Hall–Kier alpha value is -1.24. The summed E-state index contributed by atoms with van der Waals surface area (Å²) in [7, 11) is -3.36. The lowest BCUT2D eigenvalue weighted by molar-refractivity contribution is -0.136. The standard InChI is InChI=1S/C10H12F3NO2S/c1-2-17(15,16)6-7-3-4-9(14)8(5-7)10(11,12)13/h3-5H,2,6,14H2,1H3. The summed E-state index contributed by atoms with van der Waals surface area (Å²) in [5.74, 6) is -0.522. The van der Waals surface area contributed by atoms with Crippen LogP contribution in [0, 0.1) is 0 Å². The molecule has 0 fully saturated rings. The van der Waals surface area contributed by atoms with Crippen molar-refractivity contribution < 1.29 is 21.6 Å². The second-order valence-corrected chi connectivity index (χ2v) is 5.95. The highest BCUT2D eigenvalue weighted by Gasteiger charge is 2.33. The van der Waals surface area contributed by atoms with E-state index in [0.29, 0.717) is 0 Å². The first-order chi connectivity index (χ1) is 7.65. The molecule has 0 aliphatic carbocycles. The summed E-state index contributed by atoms with van der Waals surface area (Å²) in [5, 5.41) is 0. The molecule has 0 radical (unpaired) electrons. The zero-order valence-corrected chi connectivity index (χ0v) is 9.90. The molecule has 1 rings (SSSR count). The van der Waals surface area contributed by atoms with Crippen LogP contribution in [-0.4, -0.2) is 14.2 Å². The van der Waals surface area contributed by atoms with Crippen molar-refractivity contribution in [3.05, 3.63) is 29.3 Å². The van der Waals surface area contributed by atoms with Crippen molar-refractivity contribution in [2.24, 2.45) is 0 Å². The molecule has 0 atom stereocenters. The van der Waals surface area contributed by atoms with Gasteiger partial charge >= 0.3 is 6.18 Å². The molecule has 96 valence electrons. The Morgan fingerprint density at radius 3 is 2.35 bits per heavy atom. The van der Waals surface area contributed by atoms with Crippen molar-refractivity contribution in [3.63, 3.8) is 0 Å². The number of nitrogen functional groups attached to an aromatic ring is 1. The molecule has 1 aromatic carbocycles. The van der Waals surface area contributed by atoms with Crippen LogP contribution in [0.25, 0.3) is 0 Å². The van der Waals surface area contributed by atoms with Gasteiger partial charge in [0, 0.05) is 11.4 Å². The highest BCUT2D eigenvalue weighted by molar-refractivity contribution is 7.90. The number of halogens is 3. The Bertz CT molecular complexity index is 509. The van der Waals surface area contributed by atoms with Gasteiger partial charge in [-0.2, -0.15) is 13.2 Å². The Balaban J connectivity index is 3.14. The monoisotopic (exact) mass is 267 g/mol. The summed E-state index contributed by atoms with van der Waals surface area (Å²) in [6, 6.07) is 3.14. The topological polar surface area (TPSA) is 60.2 Å². The second-order valence-electron chi connectivity index (χ2n) is 3.60. The first-order valence-corrected chi connectivity index (χ1v) is 6.64. The summed E-state index contributed by atoms with van der Waals surface area (Å²) in [6.45, 7) is 1.44. The van der Waals surface area contributed by atoms with E-state index in [1.807, 2.05) is 0 Å². The Morgan fingerprint density at radius 2 is 1.88 bits per heavy atom. The smallest absolute Gasteiger partial charge is 0.398 e. The SMILES string of the molecule is CCS(=O)(=O)Cc1ccc(N)c(C(F)(F)F)c1. The van der Waals surface area contributed by atoms with Gasteiger partial charge in [0.25, 0.3) is 0 Å². The van der Waals surface area contributed by atoms with Crippen molar-refractivity contribution in [2.75, 3.05) is 11.5 Å². The molecule has 0 aromatic heterocycles. The minimum atomic E-state index is -4.57. The van der Waals surface area contributed by atoms with E-state index in [-0.39, 0.29) is 11.3 Å². The van der Waals surface area contributed by atoms with Crippen LogP contribution in [0.2, 0.25) is 0 Å². The predicted molar refractivity (Wildman–Crippen MR) is 59.0 cm³/mol. The maximum Gasteiger partial charge on any atom is 0.418 e. The van der Waals surface area contributed by atoms with Gasteiger partial charge in [-0.25, -0.2) is 8.42 Å². The van der Waals surface area contributed by atoms with E-state index >= 15 is 0 Å². The third-order valence-corrected chi connectivity index (χ3v) is 3.90. The van der Waals surface area contributed by atoms with Crippen molar-refractivity contribution in [1.29, 1.82) is 0 Å². The Kier molecular flexibility index (Phi) is 3.71. The zero-order valence-electron chi connectivity index (χ0n) is 9.08. The normalized spacial score (nSPS) is 12.7. The third-order valence-electron chi connectivity index (χ3n) is 2.25. The summed E-state index contributed by atoms with van der Waals surface area (Å²) in [4.78, 5) is 0. The number of anilines is 1. The molecule has 0 aliphatic rings. The van der Waals surface area contributed by atoms with Crippen LogP contribution in [0.3, 0.4) is 0 Å². The molecule has 1 aromatic rings. The van der Waals surface area contributed by atoms with Crippen LogP contribution in [0.5, 0.6) is 0 Å². The van der Waals surface area contributed by atoms with E-state index in [2.05, 4.69) is 0 Å². The number of hydrogen-bond donors (Lipinski definition) is 1. The fourth-order valence-electron chi connectivity index (χ4n) is 1.29. The van der Waals surface area contributed by atoms with Gasteiger partial charge in [0.05, 0.1) is 11.3 Å². The molecule has 17 heavy (non-hydrogen) atoms. The average Bonchev–Trinajstić information content (AvgIpc) is 2.19. The fraction of sp³-hybridized carbons (Fsp3) is 0.400. The van der Waals surface area contributed by atoms with E-state index in [1.54, 1.807) is 0 Å². The Labute approximate surface area is 97.4 Å². The molecule has 0 heterocycles. The van der Waals surface area contributed by atoms with E-state index < -0.39 is 33.0 Å². The van der Waals surface area contributed by atoms with Crippen molar-refractivity contribution in [1.82, 2.24) is 0 Å². The van der Waals surface area contributed by atoms with Crippen LogP contribution in [0.15, 0.2) is 18.2 Å². The van der Waals surface area contributed by atoms with Crippen molar-refractivity contribution in [2.45, 2.75) is 18.9 Å². The van der Waals surface area contributed by atoms with E-state index in [4.69, 9.17) is 5.73 Å². The van der Waals surface area contributed by atoms with Gasteiger partial charge in [0.2, 0.25) is 0 Å². The average molecular weight is 267 g/mol. The van der Waals surface area contributed by atoms with Gasteiger partial charge < -0.3 is 5.73 Å². The van der Waals surface area contributed by atoms with Crippen LogP contribution in [0.4, 0.5) is 18.9 Å². The summed E-state index contributed by atoms with van der Waals surface area (Å²) >= 11 is 0. The van der Waals surface area contributed by atoms with E-state index in [9.17, 15) is 21.6 Å². The lowest BCUT2D eigenvalue weighted by atomic mass is 10.1. The second kappa shape index (κ2) is 4.56. The molecular weight excluding hydrogens is 255 g/mol. The maximum absolute atomic E-state index is 12.5. The number of hydrogen-bond acceptors (Lipinski definition) is 3. The fourth-order valence-corrected chi connectivity index (χ4v) is 2.19. The third kappa shape index (κ3) is 3.62.